The van der Waals surface area contributed by atoms with Gasteiger partial charge in [0.15, 0.2) is 0 Å². The Morgan fingerprint density at radius 1 is 1.11 bits per heavy atom. The first-order chi connectivity index (χ1) is 17.6. The number of carbonyl (C=O) groups is 1. The zero-order valence-electron chi connectivity index (χ0n) is 19.3. The van der Waals surface area contributed by atoms with Crippen molar-refractivity contribution in [3.05, 3.63) is 72.2 Å². The highest BCUT2D eigenvalue weighted by molar-refractivity contribution is 6.08. The van der Waals surface area contributed by atoms with Gasteiger partial charge in [-0.3, -0.25) is 4.79 Å². The van der Waals surface area contributed by atoms with E-state index in [1.54, 1.807) is 16.7 Å². The Hall–Kier alpha value is -4.72. The molecule has 0 spiro atoms. The standard InChI is InChI=1S/C26H24N6O4/c27-14-18(26(35)31-16-34)13-21-22(23-24(28)29-15-30-25(23)32(21)11-4-12-33)17-7-9-20(10-8-17)36-19-5-2-1-3-6-19/h1-3,5-10,13,15,33-34H,4,11-12,16H2,(H,31,35)(H2,28,29,30)/b18-13+. The van der Waals surface area contributed by atoms with E-state index in [1.807, 2.05) is 48.5 Å². The molecule has 182 valence electrons. The average Bonchev–Trinajstić information content (AvgIpc) is 3.21. The lowest BCUT2D eigenvalue weighted by Gasteiger charge is -2.10. The number of aromatic nitrogens is 3. The number of hydrogen-bond donors (Lipinski definition) is 4. The number of anilines is 1. The summed E-state index contributed by atoms with van der Waals surface area (Å²) in [6.45, 7) is -0.329. The number of benzene rings is 2. The second-order valence-electron chi connectivity index (χ2n) is 7.72. The van der Waals surface area contributed by atoms with Crippen LogP contribution in [-0.4, -0.2) is 44.0 Å². The normalized spacial score (nSPS) is 11.3. The van der Waals surface area contributed by atoms with Gasteiger partial charge < -0.3 is 30.6 Å². The van der Waals surface area contributed by atoms with Crippen molar-refractivity contribution in [2.75, 3.05) is 19.1 Å². The molecule has 5 N–H and O–H groups in total. The first kappa shape index (κ1) is 24.4. The van der Waals surface area contributed by atoms with Gasteiger partial charge in [0.2, 0.25) is 0 Å². The van der Waals surface area contributed by atoms with E-state index in [2.05, 4.69) is 15.3 Å². The second kappa shape index (κ2) is 11.1. The summed E-state index contributed by atoms with van der Waals surface area (Å²) in [5.74, 6) is 0.821. The number of nitrogens with one attached hydrogen (secondary N) is 1. The number of aliphatic hydroxyl groups is 2. The largest absolute Gasteiger partial charge is 0.457 e. The first-order valence-corrected chi connectivity index (χ1v) is 11.1. The van der Waals surface area contributed by atoms with Crippen molar-refractivity contribution in [3.8, 4) is 28.7 Å². The summed E-state index contributed by atoms with van der Waals surface area (Å²) >= 11 is 0. The van der Waals surface area contributed by atoms with Gasteiger partial charge in [-0.2, -0.15) is 5.26 Å². The SMILES string of the molecule is N#C/C(=C\c1c(-c2ccc(Oc3ccccc3)cc2)c2c(N)ncnc2n1CCCO)C(=O)NCO. The predicted molar refractivity (Wildman–Crippen MR) is 134 cm³/mol. The zero-order valence-corrected chi connectivity index (χ0v) is 19.3. The summed E-state index contributed by atoms with van der Waals surface area (Å²) in [4.78, 5) is 20.9. The van der Waals surface area contributed by atoms with E-state index in [0.717, 1.165) is 5.56 Å². The Morgan fingerprint density at radius 2 is 1.83 bits per heavy atom. The van der Waals surface area contributed by atoms with E-state index in [1.165, 1.54) is 12.4 Å². The van der Waals surface area contributed by atoms with Crippen LogP contribution in [0.4, 0.5) is 5.82 Å². The number of ether oxygens (including phenoxy) is 1. The molecule has 0 aliphatic carbocycles. The number of aliphatic hydroxyl groups excluding tert-OH is 2. The number of carbonyl (C=O) groups excluding carboxylic acids is 1. The minimum atomic E-state index is -0.726. The monoisotopic (exact) mass is 484 g/mol. The van der Waals surface area contributed by atoms with Crippen molar-refractivity contribution in [1.29, 1.82) is 5.26 Å². The van der Waals surface area contributed by atoms with Gasteiger partial charge in [-0.05, 0) is 42.3 Å². The molecule has 1 amide bonds. The van der Waals surface area contributed by atoms with Crippen LogP contribution in [0.1, 0.15) is 12.1 Å². The molecular formula is C26H24N6O4. The molecule has 4 rings (SSSR count). The molecule has 0 atom stereocenters. The molecule has 0 saturated carbocycles. The molecule has 0 aliphatic heterocycles. The van der Waals surface area contributed by atoms with Crippen LogP contribution < -0.4 is 15.8 Å². The Morgan fingerprint density at radius 3 is 2.50 bits per heavy atom. The number of aryl methyl sites for hydroxylation is 1. The van der Waals surface area contributed by atoms with Crippen LogP contribution in [0, 0.1) is 11.3 Å². The third-order valence-corrected chi connectivity index (χ3v) is 5.46. The molecule has 0 bridgehead atoms. The number of hydrogen-bond acceptors (Lipinski definition) is 8. The highest BCUT2D eigenvalue weighted by Crippen LogP contribution is 2.39. The molecule has 4 aromatic rings. The molecule has 0 radical (unpaired) electrons. The predicted octanol–water partition coefficient (Wildman–Crippen LogP) is 2.83. The maximum atomic E-state index is 12.4. The second-order valence-corrected chi connectivity index (χ2v) is 7.72. The summed E-state index contributed by atoms with van der Waals surface area (Å²) < 4.78 is 7.68. The number of fused-ring (bicyclic) bond motifs is 1. The minimum absolute atomic E-state index is 0.0691. The van der Waals surface area contributed by atoms with Gasteiger partial charge in [0.1, 0.15) is 47.7 Å². The van der Waals surface area contributed by atoms with E-state index >= 15 is 0 Å². The molecular weight excluding hydrogens is 460 g/mol. The van der Waals surface area contributed by atoms with Crippen LogP contribution in [0.25, 0.3) is 28.2 Å². The van der Waals surface area contributed by atoms with Gasteiger partial charge >= 0.3 is 0 Å². The number of nitrogens with zero attached hydrogens (tertiary/aromatic N) is 4. The number of amides is 1. The molecule has 2 aromatic carbocycles. The fourth-order valence-electron chi connectivity index (χ4n) is 3.88. The van der Waals surface area contributed by atoms with E-state index < -0.39 is 12.6 Å². The molecule has 0 unspecified atom stereocenters. The van der Waals surface area contributed by atoms with E-state index in [0.29, 0.717) is 46.8 Å². The Labute approximate surface area is 206 Å². The summed E-state index contributed by atoms with van der Waals surface area (Å²) in [5.41, 5.74) is 8.41. The number of nitrogens with two attached hydrogens (primary N) is 1. The Balaban J connectivity index is 1.90. The van der Waals surface area contributed by atoms with Crippen molar-refractivity contribution in [1.82, 2.24) is 19.9 Å². The van der Waals surface area contributed by atoms with Gasteiger partial charge in [-0.15, -0.1) is 0 Å². The molecule has 0 aliphatic rings. The quantitative estimate of drug-likeness (QED) is 0.160. The number of nitrogen functional groups attached to an aromatic ring is 1. The highest BCUT2D eigenvalue weighted by Gasteiger charge is 2.22. The zero-order chi connectivity index (χ0) is 25.5. The average molecular weight is 485 g/mol. The van der Waals surface area contributed by atoms with E-state index in [9.17, 15) is 15.2 Å². The third-order valence-electron chi connectivity index (χ3n) is 5.46. The van der Waals surface area contributed by atoms with Gasteiger partial charge in [-0.1, -0.05) is 30.3 Å². The lowest BCUT2D eigenvalue weighted by atomic mass is 10.0. The summed E-state index contributed by atoms with van der Waals surface area (Å²) in [6, 6.07) is 18.5. The van der Waals surface area contributed by atoms with Crippen LogP contribution in [0.15, 0.2) is 66.5 Å². The third kappa shape index (κ3) is 5.02. The van der Waals surface area contributed by atoms with Crippen molar-refractivity contribution < 1.29 is 19.7 Å². The Kier molecular flexibility index (Phi) is 7.55. The molecule has 10 heteroatoms. The highest BCUT2D eigenvalue weighted by atomic mass is 16.5. The fraction of sp³-hybridized carbons (Fsp3) is 0.154. The van der Waals surface area contributed by atoms with Crippen molar-refractivity contribution in [3.63, 3.8) is 0 Å². The van der Waals surface area contributed by atoms with E-state index in [4.69, 9.17) is 15.6 Å². The fourth-order valence-corrected chi connectivity index (χ4v) is 3.88. The number of rotatable bonds is 9. The van der Waals surface area contributed by atoms with Gasteiger partial charge in [0.05, 0.1) is 11.1 Å². The summed E-state index contributed by atoms with van der Waals surface area (Å²) in [7, 11) is 0. The van der Waals surface area contributed by atoms with Crippen LogP contribution in [0.3, 0.4) is 0 Å². The first-order valence-electron chi connectivity index (χ1n) is 11.1. The Bertz CT molecular complexity index is 1440. The molecule has 0 saturated heterocycles. The summed E-state index contributed by atoms with van der Waals surface area (Å²) in [5, 5.41) is 31.0. The number of nitriles is 1. The van der Waals surface area contributed by atoms with Crippen molar-refractivity contribution >= 4 is 28.8 Å². The molecule has 2 heterocycles. The van der Waals surface area contributed by atoms with Crippen LogP contribution in [0.2, 0.25) is 0 Å². The maximum absolute atomic E-state index is 12.4. The maximum Gasteiger partial charge on any atom is 0.263 e. The molecule has 0 fully saturated rings. The van der Waals surface area contributed by atoms with Gasteiger partial charge in [-0.25, -0.2) is 9.97 Å². The summed E-state index contributed by atoms with van der Waals surface area (Å²) in [6.07, 6.45) is 3.17. The topological polar surface area (TPSA) is 159 Å². The minimum Gasteiger partial charge on any atom is -0.457 e. The van der Waals surface area contributed by atoms with Crippen LogP contribution in [-0.2, 0) is 11.3 Å². The smallest absolute Gasteiger partial charge is 0.263 e. The van der Waals surface area contributed by atoms with E-state index in [-0.39, 0.29) is 18.0 Å². The molecule has 10 nitrogen and oxygen atoms in total. The lowest BCUT2D eigenvalue weighted by Crippen LogP contribution is -2.25. The van der Waals surface area contributed by atoms with Gasteiger partial charge in [0.25, 0.3) is 5.91 Å². The van der Waals surface area contributed by atoms with Crippen LogP contribution >= 0.6 is 0 Å². The molecule has 36 heavy (non-hydrogen) atoms. The lowest BCUT2D eigenvalue weighted by molar-refractivity contribution is -0.118. The number of para-hydroxylation sites is 1. The van der Waals surface area contributed by atoms with Crippen LogP contribution in [0.5, 0.6) is 11.5 Å². The van der Waals surface area contributed by atoms with Crippen molar-refractivity contribution in [2.24, 2.45) is 0 Å². The molecule has 2 aromatic heterocycles. The van der Waals surface area contributed by atoms with Crippen molar-refractivity contribution in [2.45, 2.75) is 13.0 Å². The van der Waals surface area contributed by atoms with Gasteiger partial charge in [0, 0.05) is 18.7 Å².